The van der Waals surface area contributed by atoms with Crippen molar-refractivity contribution in [1.82, 2.24) is 0 Å². The van der Waals surface area contributed by atoms with E-state index in [1.807, 2.05) is 6.92 Å². The topological polar surface area (TPSA) is 18.5 Å². The molecule has 0 rings (SSSR count). The number of ether oxygens (including phenoxy) is 2. The number of halogens is 6. The molecule has 1 atom stereocenters. The van der Waals surface area contributed by atoms with Gasteiger partial charge in [-0.25, -0.2) is 0 Å². The highest BCUT2D eigenvalue weighted by molar-refractivity contribution is 4.91. The summed E-state index contributed by atoms with van der Waals surface area (Å²) in [7, 11) is 0. The molecular weight excluding hydrogens is 362 g/mol. The third-order valence-electron chi connectivity index (χ3n) is 4.14. The van der Waals surface area contributed by atoms with Crippen molar-refractivity contribution < 1.29 is 35.8 Å². The zero-order valence-corrected chi connectivity index (χ0v) is 15.9. The normalized spacial score (nSPS) is 14.7. The van der Waals surface area contributed by atoms with E-state index in [2.05, 4.69) is 0 Å². The fraction of sp³-hybridized carbons (Fsp3) is 1.00. The molecule has 2 nitrogen and oxygen atoms in total. The van der Waals surface area contributed by atoms with Crippen molar-refractivity contribution in [3.63, 3.8) is 0 Å². The Morgan fingerprint density at radius 1 is 0.654 bits per heavy atom. The Hall–Kier alpha value is -0.500. The van der Waals surface area contributed by atoms with Crippen molar-refractivity contribution in [3.05, 3.63) is 0 Å². The van der Waals surface area contributed by atoms with Crippen LogP contribution in [0.4, 0.5) is 26.3 Å². The number of hydrogen-bond acceptors (Lipinski definition) is 2. The molecule has 0 aliphatic heterocycles. The van der Waals surface area contributed by atoms with Crippen molar-refractivity contribution in [2.24, 2.45) is 5.92 Å². The molecular formula is C18H32F6O2. The molecule has 158 valence electrons. The second-order valence-corrected chi connectivity index (χ2v) is 6.51. The summed E-state index contributed by atoms with van der Waals surface area (Å²) in [5, 5.41) is 0. The van der Waals surface area contributed by atoms with Crippen LogP contribution in [0, 0.1) is 5.92 Å². The van der Waals surface area contributed by atoms with Gasteiger partial charge in [0.2, 0.25) is 0 Å². The molecule has 0 aromatic heterocycles. The second-order valence-electron chi connectivity index (χ2n) is 6.51. The Labute approximate surface area is 152 Å². The van der Waals surface area contributed by atoms with E-state index in [0.717, 1.165) is 19.3 Å². The zero-order valence-electron chi connectivity index (χ0n) is 15.9. The third kappa shape index (κ3) is 8.03. The summed E-state index contributed by atoms with van der Waals surface area (Å²) in [6, 6.07) is 0. The molecule has 0 spiro atoms. The summed E-state index contributed by atoms with van der Waals surface area (Å²) >= 11 is 0. The van der Waals surface area contributed by atoms with Crippen molar-refractivity contribution >= 4 is 0 Å². The minimum atomic E-state index is -5.28. The van der Waals surface area contributed by atoms with Gasteiger partial charge in [-0.2, -0.15) is 26.3 Å². The van der Waals surface area contributed by atoms with Gasteiger partial charge in [-0.05, 0) is 19.3 Å². The maximum atomic E-state index is 13.7. The Bertz CT molecular complexity index is 347. The van der Waals surface area contributed by atoms with Gasteiger partial charge >= 0.3 is 12.4 Å². The van der Waals surface area contributed by atoms with Crippen molar-refractivity contribution in [3.8, 4) is 0 Å². The van der Waals surface area contributed by atoms with E-state index in [-0.39, 0.29) is 19.3 Å². The van der Waals surface area contributed by atoms with Gasteiger partial charge in [-0.1, -0.05) is 59.3 Å². The van der Waals surface area contributed by atoms with E-state index in [9.17, 15) is 26.3 Å². The summed E-state index contributed by atoms with van der Waals surface area (Å²) in [4.78, 5) is 0. The number of hydrogen-bond donors (Lipinski definition) is 0. The maximum Gasteiger partial charge on any atom is 0.443 e. The minimum absolute atomic E-state index is 0.0523. The molecule has 0 aromatic rings. The predicted molar refractivity (Wildman–Crippen MR) is 88.8 cm³/mol. The highest BCUT2D eigenvalue weighted by atomic mass is 19.4. The quantitative estimate of drug-likeness (QED) is 0.179. The van der Waals surface area contributed by atoms with E-state index < -0.39 is 43.7 Å². The van der Waals surface area contributed by atoms with Crippen LogP contribution in [0.15, 0.2) is 0 Å². The van der Waals surface area contributed by atoms with Crippen LogP contribution in [0.2, 0.25) is 0 Å². The van der Waals surface area contributed by atoms with Gasteiger partial charge in [-0.3, -0.25) is 0 Å². The molecule has 0 bridgehead atoms. The molecule has 0 aliphatic rings. The summed E-state index contributed by atoms with van der Waals surface area (Å²) in [6.45, 7) is 4.18. The molecule has 0 radical (unpaired) electrons. The minimum Gasteiger partial charge on any atom is -0.342 e. The molecule has 0 saturated carbocycles. The van der Waals surface area contributed by atoms with Crippen LogP contribution in [0.5, 0.6) is 0 Å². The first-order chi connectivity index (χ1) is 12.1. The van der Waals surface area contributed by atoms with Crippen LogP contribution in [-0.2, 0) is 9.47 Å². The SMILES string of the molecule is CCCCCCCCC(C(F)(F)F)C(OCCC)(OCCC)C(F)(F)F. The lowest BCUT2D eigenvalue weighted by Crippen LogP contribution is -2.60. The maximum absolute atomic E-state index is 13.7. The molecule has 0 aliphatic carbocycles. The lowest BCUT2D eigenvalue weighted by Gasteiger charge is -2.42. The van der Waals surface area contributed by atoms with Crippen LogP contribution in [-0.4, -0.2) is 31.4 Å². The highest BCUT2D eigenvalue weighted by Gasteiger charge is 2.69. The molecule has 8 heteroatoms. The Balaban J connectivity index is 5.43. The van der Waals surface area contributed by atoms with E-state index in [1.54, 1.807) is 0 Å². The Morgan fingerprint density at radius 3 is 1.50 bits per heavy atom. The molecule has 0 fully saturated rings. The monoisotopic (exact) mass is 394 g/mol. The fourth-order valence-electron chi connectivity index (χ4n) is 2.81. The van der Waals surface area contributed by atoms with E-state index in [1.165, 1.54) is 13.8 Å². The van der Waals surface area contributed by atoms with Crippen molar-refractivity contribution in [2.45, 2.75) is 96.7 Å². The number of alkyl halides is 6. The molecule has 1 unspecified atom stereocenters. The molecule has 0 heterocycles. The first kappa shape index (κ1) is 25.5. The summed E-state index contributed by atoms with van der Waals surface area (Å²) in [5.74, 6) is -6.37. The standard InChI is InChI=1S/C18H32F6O2/c1-4-7-8-9-10-11-12-15(17(19,20)21)16(18(22,23)24,25-13-5-2)26-14-6-3/h15H,4-14H2,1-3H3. The number of unbranched alkanes of at least 4 members (excludes halogenated alkanes) is 5. The Morgan fingerprint density at radius 2 is 1.12 bits per heavy atom. The van der Waals surface area contributed by atoms with Gasteiger partial charge in [0.1, 0.15) is 5.92 Å². The van der Waals surface area contributed by atoms with E-state index >= 15 is 0 Å². The van der Waals surface area contributed by atoms with Gasteiger partial charge < -0.3 is 9.47 Å². The van der Waals surface area contributed by atoms with Crippen LogP contribution in [0.1, 0.15) is 78.6 Å². The second kappa shape index (κ2) is 12.1. The van der Waals surface area contributed by atoms with Gasteiger partial charge in [-0.15, -0.1) is 0 Å². The zero-order chi connectivity index (χ0) is 20.3. The van der Waals surface area contributed by atoms with Crippen LogP contribution < -0.4 is 0 Å². The van der Waals surface area contributed by atoms with Crippen molar-refractivity contribution in [2.75, 3.05) is 13.2 Å². The molecule has 0 saturated heterocycles. The van der Waals surface area contributed by atoms with Crippen molar-refractivity contribution in [1.29, 1.82) is 0 Å². The Kier molecular flexibility index (Phi) is 11.8. The average molecular weight is 394 g/mol. The summed E-state index contributed by atoms with van der Waals surface area (Å²) in [5.41, 5.74) is 0. The fourth-order valence-corrected chi connectivity index (χ4v) is 2.81. The summed E-state index contributed by atoms with van der Waals surface area (Å²) < 4.78 is 91.4. The van der Waals surface area contributed by atoms with Crippen LogP contribution >= 0.6 is 0 Å². The first-order valence-electron chi connectivity index (χ1n) is 9.48. The van der Waals surface area contributed by atoms with Gasteiger partial charge in [0.05, 0.1) is 13.2 Å². The van der Waals surface area contributed by atoms with Gasteiger partial charge in [0.25, 0.3) is 5.79 Å². The van der Waals surface area contributed by atoms with Crippen LogP contribution in [0.25, 0.3) is 0 Å². The average Bonchev–Trinajstić information content (AvgIpc) is 2.53. The van der Waals surface area contributed by atoms with E-state index in [0.29, 0.717) is 12.8 Å². The largest absolute Gasteiger partial charge is 0.443 e. The molecule has 0 amide bonds. The first-order valence-corrected chi connectivity index (χ1v) is 9.48. The van der Waals surface area contributed by atoms with E-state index in [4.69, 9.17) is 9.47 Å². The van der Waals surface area contributed by atoms with Gasteiger partial charge in [0.15, 0.2) is 0 Å². The smallest absolute Gasteiger partial charge is 0.342 e. The lowest BCUT2D eigenvalue weighted by atomic mass is 9.90. The number of rotatable bonds is 14. The predicted octanol–water partition coefficient (Wildman–Crippen LogP) is 7.03. The third-order valence-corrected chi connectivity index (χ3v) is 4.14. The van der Waals surface area contributed by atoms with Gasteiger partial charge in [0, 0.05) is 0 Å². The molecule has 26 heavy (non-hydrogen) atoms. The molecule has 0 N–H and O–H groups in total. The highest BCUT2D eigenvalue weighted by Crippen LogP contribution is 2.49. The lowest BCUT2D eigenvalue weighted by molar-refractivity contribution is -0.429. The summed E-state index contributed by atoms with van der Waals surface area (Å²) in [6.07, 6.45) is -6.64. The van der Waals surface area contributed by atoms with Crippen LogP contribution in [0.3, 0.4) is 0 Å². The molecule has 0 aromatic carbocycles.